The van der Waals surface area contributed by atoms with Crippen LogP contribution in [0.4, 0.5) is 4.39 Å². The molecule has 0 radical (unpaired) electrons. The van der Waals surface area contributed by atoms with Crippen LogP contribution < -0.4 is 9.46 Å². The summed E-state index contributed by atoms with van der Waals surface area (Å²) in [7, 11) is -2.88. The highest BCUT2D eigenvalue weighted by Gasteiger charge is 2.30. The van der Waals surface area contributed by atoms with E-state index in [2.05, 4.69) is 4.72 Å². The molecule has 1 rings (SSSR count). The highest BCUT2D eigenvalue weighted by Crippen LogP contribution is 2.21. The number of carboxylic acid groups (broad SMARTS) is 1. The molecule has 0 aliphatic rings. The summed E-state index contributed by atoms with van der Waals surface area (Å²) in [5.74, 6) is -2.58. The van der Waals surface area contributed by atoms with E-state index >= 15 is 0 Å². The van der Waals surface area contributed by atoms with E-state index in [0.717, 1.165) is 18.6 Å². The lowest BCUT2D eigenvalue weighted by Crippen LogP contribution is -2.45. The van der Waals surface area contributed by atoms with Crippen LogP contribution in [0.1, 0.15) is 26.7 Å². The molecule has 0 fully saturated rings. The molecule has 0 saturated carbocycles. The van der Waals surface area contributed by atoms with Gasteiger partial charge in [0, 0.05) is 0 Å². The molecule has 2 N–H and O–H groups in total. The largest absolute Gasteiger partial charge is 0.494 e. The number of rotatable bonds is 8. The topological polar surface area (TPSA) is 92.7 Å². The van der Waals surface area contributed by atoms with Crippen molar-refractivity contribution >= 4 is 16.0 Å². The molecule has 0 spiro atoms. The molecule has 124 valence electrons. The number of methoxy groups -OCH3 is 1. The molecule has 0 aliphatic carbocycles. The van der Waals surface area contributed by atoms with E-state index in [0.29, 0.717) is 6.42 Å². The normalized spacial score (nSPS) is 14.4. The Morgan fingerprint density at radius 3 is 2.55 bits per heavy atom. The van der Waals surface area contributed by atoms with Crippen molar-refractivity contribution in [2.75, 3.05) is 7.11 Å². The maximum atomic E-state index is 13.6. The average molecular weight is 333 g/mol. The van der Waals surface area contributed by atoms with E-state index in [1.165, 1.54) is 13.2 Å². The molecule has 8 heteroatoms. The van der Waals surface area contributed by atoms with Crippen molar-refractivity contribution in [1.29, 1.82) is 0 Å². The number of sulfonamides is 1. The smallest absolute Gasteiger partial charge is 0.322 e. The first-order valence-electron chi connectivity index (χ1n) is 6.81. The van der Waals surface area contributed by atoms with Gasteiger partial charge in [0.05, 0.1) is 12.0 Å². The van der Waals surface area contributed by atoms with Crippen LogP contribution in [0.3, 0.4) is 0 Å². The van der Waals surface area contributed by atoms with Crippen molar-refractivity contribution in [3.05, 3.63) is 24.0 Å². The summed E-state index contributed by atoms with van der Waals surface area (Å²) < 4.78 is 44.9. The quantitative estimate of drug-likeness (QED) is 0.759. The van der Waals surface area contributed by atoms with Gasteiger partial charge in [0.1, 0.15) is 6.04 Å². The average Bonchev–Trinajstić information content (AvgIpc) is 2.44. The summed E-state index contributed by atoms with van der Waals surface area (Å²) >= 11 is 0. The maximum Gasteiger partial charge on any atom is 0.322 e. The molecule has 0 aromatic heterocycles. The Labute approximate surface area is 129 Å². The first-order valence-corrected chi connectivity index (χ1v) is 8.30. The number of halogens is 1. The summed E-state index contributed by atoms with van der Waals surface area (Å²) in [5.41, 5.74) is 0. The lowest BCUT2D eigenvalue weighted by atomic mass is 9.98. The van der Waals surface area contributed by atoms with Crippen LogP contribution in [0.2, 0.25) is 0 Å². The summed E-state index contributed by atoms with van der Waals surface area (Å²) in [5, 5.41) is 9.20. The molecule has 0 amide bonds. The molecular formula is C14H20FNO5S. The van der Waals surface area contributed by atoms with Gasteiger partial charge in [-0.1, -0.05) is 20.3 Å². The third-order valence-corrected chi connectivity index (χ3v) is 4.73. The molecule has 0 heterocycles. The summed E-state index contributed by atoms with van der Waals surface area (Å²) in [6, 6.07) is 1.86. The maximum absolute atomic E-state index is 13.6. The van der Waals surface area contributed by atoms with Crippen molar-refractivity contribution in [1.82, 2.24) is 4.72 Å². The number of aliphatic carboxylic acids is 1. The third-order valence-electron chi connectivity index (χ3n) is 3.29. The Morgan fingerprint density at radius 1 is 1.45 bits per heavy atom. The molecule has 22 heavy (non-hydrogen) atoms. The molecule has 0 saturated heterocycles. The van der Waals surface area contributed by atoms with Gasteiger partial charge < -0.3 is 9.84 Å². The highest BCUT2D eigenvalue weighted by molar-refractivity contribution is 7.89. The molecule has 0 unspecified atom stereocenters. The fourth-order valence-corrected chi connectivity index (χ4v) is 3.39. The molecule has 1 aromatic carbocycles. The van der Waals surface area contributed by atoms with Crippen LogP contribution >= 0.6 is 0 Å². The van der Waals surface area contributed by atoms with E-state index < -0.39 is 27.9 Å². The molecular weight excluding hydrogens is 313 g/mol. The van der Waals surface area contributed by atoms with E-state index in [9.17, 15) is 22.7 Å². The van der Waals surface area contributed by atoms with Gasteiger partial charge in [-0.3, -0.25) is 4.79 Å². The Hall–Kier alpha value is -1.67. The van der Waals surface area contributed by atoms with Crippen LogP contribution in [-0.2, 0) is 14.8 Å². The second-order valence-electron chi connectivity index (χ2n) is 5.00. The minimum absolute atomic E-state index is 0.0897. The fraction of sp³-hybridized carbons (Fsp3) is 0.500. The van der Waals surface area contributed by atoms with Gasteiger partial charge in [-0.05, 0) is 30.5 Å². The zero-order valence-corrected chi connectivity index (χ0v) is 13.5. The summed E-state index contributed by atoms with van der Waals surface area (Å²) in [6.45, 7) is 3.53. The Balaban J connectivity index is 3.07. The fourth-order valence-electron chi connectivity index (χ4n) is 2.08. The number of carbonyl (C=O) groups is 1. The number of carboxylic acids is 1. The number of benzene rings is 1. The minimum atomic E-state index is -4.14. The summed E-state index contributed by atoms with van der Waals surface area (Å²) in [4.78, 5) is 10.9. The van der Waals surface area contributed by atoms with E-state index in [1.807, 2.05) is 6.92 Å². The van der Waals surface area contributed by atoms with Crippen LogP contribution in [0.25, 0.3) is 0 Å². The van der Waals surface area contributed by atoms with Gasteiger partial charge in [-0.2, -0.15) is 4.72 Å². The van der Waals surface area contributed by atoms with Gasteiger partial charge >= 0.3 is 5.97 Å². The van der Waals surface area contributed by atoms with Gasteiger partial charge in [-0.15, -0.1) is 0 Å². The van der Waals surface area contributed by atoms with Crippen LogP contribution in [-0.4, -0.2) is 32.6 Å². The zero-order chi connectivity index (χ0) is 16.9. The van der Waals surface area contributed by atoms with Gasteiger partial charge in [0.25, 0.3) is 0 Å². The van der Waals surface area contributed by atoms with E-state index in [1.54, 1.807) is 6.92 Å². The van der Waals surface area contributed by atoms with Crippen molar-refractivity contribution in [3.63, 3.8) is 0 Å². The molecule has 0 aliphatic heterocycles. The number of ether oxygens (including phenoxy) is 1. The summed E-state index contributed by atoms with van der Waals surface area (Å²) in [6.07, 6.45) is 1.28. The number of hydrogen-bond acceptors (Lipinski definition) is 4. The number of nitrogens with one attached hydrogen (secondary N) is 1. The van der Waals surface area contributed by atoms with Crippen molar-refractivity contribution < 1.29 is 27.4 Å². The monoisotopic (exact) mass is 333 g/mol. The second kappa shape index (κ2) is 7.55. The van der Waals surface area contributed by atoms with Crippen LogP contribution in [0.5, 0.6) is 5.75 Å². The lowest BCUT2D eigenvalue weighted by Gasteiger charge is -2.21. The van der Waals surface area contributed by atoms with Crippen LogP contribution in [0.15, 0.2) is 23.1 Å². The van der Waals surface area contributed by atoms with Crippen LogP contribution in [0, 0.1) is 11.7 Å². The first-order chi connectivity index (χ1) is 10.2. The van der Waals surface area contributed by atoms with Crippen molar-refractivity contribution in [3.8, 4) is 5.75 Å². The molecule has 2 atom stereocenters. The SMILES string of the molecule is CCC[C@@H](C)[C@@H](NS(=O)(=O)c1ccc(OC)c(F)c1)C(=O)O. The molecule has 1 aromatic rings. The van der Waals surface area contributed by atoms with Crippen molar-refractivity contribution in [2.45, 2.75) is 37.6 Å². The Morgan fingerprint density at radius 2 is 2.09 bits per heavy atom. The predicted molar refractivity (Wildman–Crippen MR) is 78.8 cm³/mol. The highest BCUT2D eigenvalue weighted by atomic mass is 32.2. The van der Waals surface area contributed by atoms with Gasteiger partial charge in [-0.25, -0.2) is 12.8 Å². The predicted octanol–water partition coefficient (Wildman–Crippen LogP) is 2.00. The Bertz CT molecular complexity index is 632. The van der Waals surface area contributed by atoms with E-state index in [-0.39, 0.29) is 16.6 Å². The zero-order valence-electron chi connectivity index (χ0n) is 12.7. The van der Waals surface area contributed by atoms with Gasteiger partial charge in [0.2, 0.25) is 10.0 Å². The van der Waals surface area contributed by atoms with E-state index in [4.69, 9.17) is 4.74 Å². The molecule has 6 nitrogen and oxygen atoms in total. The van der Waals surface area contributed by atoms with Gasteiger partial charge in [0.15, 0.2) is 11.6 Å². The Kier molecular flexibility index (Phi) is 6.31. The number of hydrogen-bond donors (Lipinski definition) is 2. The minimum Gasteiger partial charge on any atom is -0.494 e. The standard InChI is InChI=1S/C14H20FNO5S/c1-4-5-9(2)13(14(17)18)16-22(19,20)10-6-7-12(21-3)11(15)8-10/h6-9,13,16H,4-5H2,1-3H3,(H,17,18)/t9-,13-/m1/s1. The van der Waals surface area contributed by atoms with Crippen molar-refractivity contribution in [2.24, 2.45) is 5.92 Å². The first kappa shape index (κ1) is 18.4. The third kappa shape index (κ3) is 4.41. The second-order valence-corrected chi connectivity index (χ2v) is 6.71. The molecule has 0 bridgehead atoms. The lowest BCUT2D eigenvalue weighted by molar-refractivity contribution is -0.140.